The van der Waals surface area contributed by atoms with Crippen molar-refractivity contribution in [2.45, 2.75) is 24.6 Å². The maximum absolute atomic E-state index is 12.9. The van der Waals surface area contributed by atoms with E-state index in [0.717, 1.165) is 11.1 Å². The van der Waals surface area contributed by atoms with Gasteiger partial charge in [-0.2, -0.15) is 13.2 Å². The van der Waals surface area contributed by atoms with Crippen molar-refractivity contribution in [1.29, 1.82) is 0 Å². The van der Waals surface area contributed by atoms with E-state index >= 15 is 0 Å². The van der Waals surface area contributed by atoms with Crippen molar-refractivity contribution in [3.05, 3.63) is 35.4 Å². The third-order valence-corrected chi connectivity index (χ3v) is 3.12. The van der Waals surface area contributed by atoms with Crippen molar-refractivity contribution >= 4 is 0 Å². The second-order valence-electron chi connectivity index (χ2n) is 3.95. The zero-order valence-corrected chi connectivity index (χ0v) is 8.36. The van der Waals surface area contributed by atoms with Crippen LogP contribution in [-0.2, 0) is 12.8 Å². The Bertz CT molecular complexity index is 345. The summed E-state index contributed by atoms with van der Waals surface area (Å²) in [5, 5.41) is 2.44. The molecule has 0 aromatic heterocycles. The van der Waals surface area contributed by atoms with Crippen LogP contribution >= 0.6 is 0 Å². The number of rotatable bonds is 1. The summed E-state index contributed by atoms with van der Waals surface area (Å²) < 4.78 is 38.8. The van der Waals surface area contributed by atoms with Gasteiger partial charge in [0, 0.05) is 12.8 Å². The molecule has 0 fully saturated rings. The van der Waals surface area contributed by atoms with Gasteiger partial charge in [0.1, 0.15) is 5.54 Å². The third kappa shape index (κ3) is 1.53. The van der Waals surface area contributed by atoms with E-state index in [0.29, 0.717) is 0 Å². The topological polar surface area (TPSA) is 12.0 Å². The van der Waals surface area contributed by atoms with Gasteiger partial charge in [0.15, 0.2) is 0 Å². The molecule has 0 saturated carbocycles. The van der Waals surface area contributed by atoms with Gasteiger partial charge in [0.25, 0.3) is 0 Å². The lowest BCUT2D eigenvalue weighted by molar-refractivity contribution is -0.192. The molecular formula is C11H12F3N. The molecule has 1 aromatic carbocycles. The van der Waals surface area contributed by atoms with Crippen molar-refractivity contribution in [2.75, 3.05) is 7.05 Å². The Morgan fingerprint density at radius 1 is 1.13 bits per heavy atom. The van der Waals surface area contributed by atoms with Crippen LogP contribution in [0, 0.1) is 0 Å². The Balaban J connectivity index is 2.38. The first-order valence-electron chi connectivity index (χ1n) is 4.81. The predicted molar refractivity (Wildman–Crippen MR) is 51.7 cm³/mol. The summed E-state index contributed by atoms with van der Waals surface area (Å²) in [4.78, 5) is 0. The molecule has 0 heterocycles. The lowest BCUT2D eigenvalue weighted by Gasteiger charge is -2.31. The first kappa shape index (κ1) is 10.5. The molecule has 0 spiro atoms. The van der Waals surface area contributed by atoms with Crippen LogP contribution in [0.5, 0.6) is 0 Å². The molecule has 0 radical (unpaired) electrons. The van der Waals surface area contributed by atoms with E-state index < -0.39 is 11.7 Å². The Hall–Kier alpha value is -1.03. The average molecular weight is 215 g/mol. The Morgan fingerprint density at radius 2 is 1.60 bits per heavy atom. The average Bonchev–Trinajstić information content (AvgIpc) is 2.56. The largest absolute Gasteiger partial charge is 0.407 e. The number of hydrogen-bond acceptors (Lipinski definition) is 1. The van der Waals surface area contributed by atoms with Gasteiger partial charge in [-0.1, -0.05) is 24.3 Å². The number of alkyl halides is 3. The van der Waals surface area contributed by atoms with Crippen molar-refractivity contribution in [2.24, 2.45) is 0 Å². The van der Waals surface area contributed by atoms with Gasteiger partial charge in [-0.25, -0.2) is 0 Å². The van der Waals surface area contributed by atoms with Crippen molar-refractivity contribution in [1.82, 2.24) is 5.32 Å². The van der Waals surface area contributed by atoms with Crippen LogP contribution in [-0.4, -0.2) is 18.8 Å². The zero-order valence-electron chi connectivity index (χ0n) is 8.36. The van der Waals surface area contributed by atoms with Gasteiger partial charge in [0.2, 0.25) is 0 Å². The van der Waals surface area contributed by atoms with E-state index in [-0.39, 0.29) is 12.8 Å². The molecule has 1 N–H and O–H groups in total. The summed E-state index contributed by atoms with van der Waals surface area (Å²) in [6.45, 7) is 0. The molecule has 2 rings (SSSR count). The van der Waals surface area contributed by atoms with Gasteiger partial charge < -0.3 is 5.32 Å². The molecule has 1 aliphatic rings. The maximum atomic E-state index is 12.9. The number of benzene rings is 1. The molecule has 0 unspecified atom stereocenters. The molecule has 0 amide bonds. The lowest BCUT2D eigenvalue weighted by Crippen LogP contribution is -2.56. The quantitative estimate of drug-likeness (QED) is 0.758. The number of fused-ring (bicyclic) bond motifs is 1. The molecule has 1 aromatic rings. The van der Waals surface area contributed by atoms with E-state index in [4.69, 9.17) is 0 Å². The normalized spacial score (nSPS) is 18.9. The van der Waals surface area contributed by atoms with Crippen LogP contribution in [0.3, 0.4) is 0 Å². The Labute approximate surface area is 86.3 Å². The van der Waals surface area contributed by atoms with Crippen molar-refractivity contribution < 1.29 is 13.2 Å². The highest BCUT2D eigenvalue weighted by atomic mass is 19.4. The van der Waals surface area contributed by atoms with E-state index in [1.165, 1.54) is 7.05 Å². The molecule has 1 nitrogen and oxygen atoms in total. The summed E-state index contributed by atoms with van der Waals surface area (Å²) >= 11 is 0. The second kappa shape index (κ2) is 3.23. The molecule has 0 atom stereocenters. The highest BCUT2D eigenvalue weighted by Gasteiger charge is 2.56. The number of halogens is 3. The first-order chi connectivity index (χ1) is 6.98. The fourth-order valence-electron chi connectivity index (χ4n) is 2.13. The number of likely N-dealkylation sites (N-methyl/N-ethyl adjacent to an activating group) is 1. The minimum Gasteiger partial charge on any atom is -0.306 e. The fraction of sp³-hybridized carbons (Fsp3) is 0.455. The van der Waals surface area contributed by atoms with Gasteiger partial charge in [-0.3, -0.25) is 0 Å². The van der Waals surface area contributed by atoms with Crippen molar-refractivity contribution in [3.63, 3.8) is 0 Å². The first-order valence-corrected chi connectivity index (χ1v) is 4.81. The van der Waals surface area contributed by atoms with Crippen LogP contribution in [0.1, 0.15) is 11.1 Å². The molecule has 1 aliphatic carbocycles. The summed E-state index contributed by atoms with van der Waals surface area (Å²) in [5.41, 5.74) is -0.176. The highest BCUT2D eigenvalue weighted by Crippen LogP contribution is 2.41. The summed E-state index contributed by atoms with van der Waals surface area (Å²) in [6, 6.07) is 7.09. The molecule has 4 heteroatoms. The molecule has 15 heavy (non-hydrogen) atoms. The molecule has 0 bridgehead atoms. The van der Waals surface area contributed by atoms with Crippen LogP contribution < -0.4 is 5.32 Å². The second-order valence-corrected chi connectivity index (χ2v) is 3.95. The van der Waals surface area contributed by atoms with E-state index in [1.54, 1.807) is 24.3 Å². The van der Waals surface area contributed by atoms with Gasteiger partial charge >= 0.3 is 6.18 Å². The number of nitrogens with one attached hydrogen (secondary N) is 1. The molecule has 0 saturated heterocycles. The Morgan fingerprint density at radius 3 is 1.93 bits per heavy atom. The zero-order chi connectivity index (χ0) is 11.1. The van der Waals surface area contributed by atoms with Crippen LogP contribution in [0.15, 0.2) is 24.3 Å². The SMILES string of the molecule is CNC1(C(F)(F)F)Cc2ccccc2C1. The van der Waals surface area contributed by atoms with Crippen LogP contribution in [0.4, 0.5) is 13.2 Å². The van der Waals surface area contributed by atoms with Crippen LogP contribution in [0.25, 0.3) is 0 Å². The minimum absolute atomic E-state index is 0.0309. The van der Waals surface area contributed by atoms with Gasteiger partial charge in [-0.05, 0) is 18.2 Å². The van der Waals surface area contributed by atoms with E-state index in [2.05, 4.69) is 5.32 Å². The summed E-state index contributed by atoms with van der Waals surface area (Å²) in [6.07, 6.45) is -4.15. The smallest absolute Gasteiger partial charge is 0.306 e. The van der Waals surface area contributed by atoms with Crippen molar-refractivity contribution in [3.8, 4) is 0 Å². The van der Waals surface area contributed by atoms with E-state index in [9.17, 15) is 13.2 Å². The number of hydrogen-bond donors (Lipinski definition) is 1. The van der Waals surface area contributed by atoms with Gasteiger partial charge in [-0.15, -0.1) is 0 Å². The predicted octanol–water partition coefficient (Wildman–Crippen LogP) is 2.31. The molecule has 82 valence electrons. The fourth-order valence-corrected chi connectivity index (χ4v) is 2.13. The van der Waals surface area contributed by atoms with Crippen LogP contribution in [0.2, 0.25) is 0 Å². The Kier molecular flexibility index (Phi) is 2.26. The maximum Gasteiger partial charge on any atom is 0.407 e. The van der Waals surface area contributed by atoms with E-state index in [1.807, 2.05) is 0 Å². The molecule has 0 aliphatic heterocycles. The highest BCUT2D eigenvalue weighted by molar-refractivity contribution is 5.37. The summed E-state index contributed by atoms with van der Waals surface area (Å²) in [5.74, 6) is 0. The lowest BCUT2D eigenvalue weighted by atomic mass is 9.95. The third-order valence-electron chi connectivity index (χ3n) is 3.12. The monoisotopic (exact) mass is 215 g/mol. The van der Waals surface area contributed by atoms with Gasteiger partial charge in [0.05, 0.1) is 0 Å². The standard InChI is InChI=1S/C11H12F3N/c1-15-10(11(12,13)14)6-8-4-2-3-5-9(8)7-10/h2-5,15H,6-7H2,1H3. The molecular weight excluding hydrogens is 203 g/mol. The minimum atomic E-state index is -4.21. The summed E-state index contributed by atoms with van der Waals surface area (Å²) in [7, 11) is 1.37.